The van der Waals surface area contributed by atoms with Gasteiger partial charge < -0.3 is 19.2 Å². The molecular formula is C25H29F3N2O4. The van der Waals surface area contributed by atoms with Gasteiger partial charge in [0.2, 0.25) is 5.91 Å². The van der Waals surface area contributed by atoms with Gasteiger partial charge in [0.1, 0.15) is 0 Å². The van der Waals surface area contributed by atoms with Crippen LogP contribution < -0.4 is 9.47 Å². The summed E-state index contributed by atoms with van der Waals surface area (Å²) in [6.45, 7) is 4.11. The topological polar surface area (TPSA) is 60.4 Å². The second-order valence-electron chi connectivity index (χ2n) is 8.61. The van der Waals surface area contributed by atoms with Crippen LogP contribution in [0.15, 0.2) is 47.6 Å². The monoisotopic (exact) mass is 478 g/mol. The van der Waals surface area contributed by atoms with E-state index in [0.29, 0.717) is 29.2 Å². The van der Waals surface area contributed by atoms with Crippen LogP contribution in [-0.2, 0) is 22.4 Å². The third-order valence-corrected chi connectivity index (χ3v) is 5.44. The maximum Gasteiger partial charge on any atom is 0.416 e. The molecule has 3 rings (SSSR count). The number of ether oxygens (including phenoxy) is 2. The number of carbonyl (C=O) groups is 1. The molecular weight excluding hydrogens is 449 g/mol. The van der Waals surface area contributed by atoms with E-state index in [1.807, 2.05) is 19.9 Å². The number of rotatable bonds is 9. The number of carbonyl (C=O) groups excluding carboxylic acids is 1. The third-order valence-electron chi connectivity index (χ3n) is 5.44. The van der Waals surface area contributed by atoms with Gasteiger partial charge in [0.25, 0.3) is 0 Å². The van der Waals surface area contributed by atoms with E-state index in [1.165, 1.54) is 6.07 Å². The Bertz CT molecular complexity index is 1040. The smallest absolute Gasteiger partial charge is 0.416 e. The minimum atomic E-state index is -4.44. The summed E-state index contributed by atoms with van der Waals surface area (Å²) in [5.41, 5.74) is 1.17. The van der Waals surface area contributed by atoms with Crippen LogP contribution in [0.5, 0.6) is 11.5 Å². The lowest BCUT2D eigenvalue weighted by Crippen LogP contribution is -2.37. The lowest BCUT2D eigenvalue weighted by Gasteiger charge is -2.26. The largest absolute Gasteiger partial charge is 0.493 e. The summed E-state index contributed by atoms with van der Waals surface area (Å²) in [5, 5.41) is 4.18. The highest BCUT2D eigenvalue weighted by atomic mass is 19.4. The van der Waals surface area contributed by atoms with Gasteiger partial charge in [-0.15, -0.1) is 0 Å². The van der Waals surface area contributed by atoms with Crippen molar-refractivity contribution in [2.45, 2.75) is 45.5 Å². The molecule has 1 heterocycles. The third kappa shape index (κ3) is 6.42. The molecule has 0 saturated carbocycles. The van der Waals surface area contributed by atoms with Crippen molar-refractivity contribution in [3.8, 4) is 11.5 Å². The number of oxime groups is 1. The molecule has 0 N–H and O–H groups in total. The number of hydrogen-bond donors (Lipinski definition) is 0. The summed E-state index contributed by atoms with van der Waals surface area (Å²) in [5.74, 6) is 1.12. The molecule has 184 valence electrons. The van der Waals surface area contributed by atoms with Gasteiger partial charge >= 0.3 is 6.18 Å². The molecule has 0 fully saturated rings. The zero-order valence-electron chi connectivity index (χ0n) is 19.7. The fraction of sp³-hybridized carbons (Fsp3) is 0.440. The fourth-order valence-corrected chi connectivity index (χ4v) is 3.76. The SMILES string of the molecule is COc1ccc(C2=NO[C@@H](CN(Cc3cccc(C(F)(F)F)c3)C(=O)CC(C)C)C2)cc1OC. The lowest BCUT2D eigenvalue weighted by molar-refractivity contribution is -0.137. The summed E-state index contributed by atoms with van der Waals surface area (Å²) in [6.07, 6.45) is -4.12. The average molecular weight is 479 g/mol. The van der Waals surface area contributed by atoms with Crippen LogP contribution in [0.25, 0.3) is 0 Å². The Morgan fingerprint density at radius 1 is 1.15 bits per heavy atom. The van der Waals surface area contributed by atoms with E-state index in [2.05, 4.69) is 5.16 Å². The highest BCUT2D eigenvalue weighted by molar-refractivity contribution is 6.01. The Kier molecular flexibility index (Phi) is 8.06. The fourth-order valence-electron chi connectivity index (χ4n) is 3.76. The summed E-state index contributed by atoms with van der Waals surface area (Å²) in [4.78, 5) is 20.1. The van der Waals surface area contributed by atoms with Crippen LogP contribution in [0.2, 0.25) is 0 Å². The van der Waals surface area contributed by atoms with Gasteiger partial charge in [-0.3, -0.25) is 4.79 Å². The van der Waals surface area contributed by atoms with E-state index in [-0.39, 0.29) is 31.3 Å². The Hall–Kier alpha value is -3.23. The highest BCUT2D eigenvalue weighted by Crippen LogP contribution is 2.31. The number of hydrogen-bond acceptors (Lipinski definition) is 5. The highest BCUT2D eigenvalue weighted by Gasteiger charge is 2.31. The van der Waals surface area contributed by atoms with Gasteiger partial charge in [0, 0.05) is 24.9 Å². The average Bonchev–Trinajstić information content (AvgIpc) is 3.26. The van der Waals surface area contributed by atoms with Crippen molar-refractivity contribution in [3.05, 3.63) is 59.2 Å². The molecule has 0 radical (unpaired) electrons. The van der Waals surface area contributed by atoms with Gasteiger partial charge in [-0.25, -0.2) is 0 Å². The molecule has 2 aromatic carbocycles. The van der Waals surface area contributed by atoms with E-state index in [0.717, 1.165) is 17.7 Å². The van der Waals surface area contributed by atoms with Gasteiger partial charge in [0.05, 0.1) is 32.0 Å². The summed E-state index contributed by atoms with van der Waals surface area (Å²) in [6, 6.07) is 10.5. The number of halogens is 3. The van der Waals surface area contributed by atoms with Crippen LogP contribution >= 0.6 is 0 Å². The Labute approximate surface area is 197 Å². The normalized spacial score (nSPS) is 15.6. The summed E-state index contributed by atoms with van der Waals surface area (Å²) >= 11 is 0. The molecule has 0 aromatic heterocycles. The van der Waals surface area contributed by atoms with Crippen molar-refractivity contribution in [3.63, 3.8) is 0 Å². The van der Waals surface area contributed by atoms with Crippen molar-refractivity contribution >= 4 is 11.6 Å². The predicted molar refractivity (Wildman–Crippen MR) is 122 cm³/mol. The number of nitrogens with zero attached hydrogens (tertiary/aromatic N) is 2. The van der Waals surface area contributed by atoms with Crippen LogP contribution in [0, 0.1) is 5.92 Å². The van der Waals surface area contributed by atoms with Crippen LogP contribution in [0.3, 0.4) is 0 Å². The molecule has 0 saturated heterocycles. The lowest BCUT2D eigenvalue weighted by atomic mass is 10.0. The standard InChI is InChI=1S/C25H29F3N2O4/c1-16(2)10-24(31)30(14-17-6-5-7-19(11-17)25(26,27)28)15-20-13-21(29-34-20)18-8-9-22(32-3)23(12-18)33-4/h5-9,11-12,16,20H,10,13-15H2,1-4H3/t20-/m1/s1. The first-order valence-corrected chi connectivity index (χ1v) is 11.0. The zero-order chi connectivity index (χ0) is 24.9. The predicted octanol–water partition coefficient (Wildman–Crippen LogP) is 5.29. The number of benzene rings is 2. The van der Waals surface area contributed by atoms with E-state index in [1.54, 1.807) is 37.3 Å². The van der Waals surface area contributed by atoms with E-state index in [4.69, 9.17) is 14.3 Å². The molecule has 1 atom stereocenters. The van der Waals surface area contributed by atoms with E-state index >= 15 is 0 Å². The molecule has 0 spiro atoms. The van der Waals surface area contributed by atoms with Crippen molar-refractivity contribution in [2.24, 2.45) is 11.1 Å². The van der Waals surface area contributed by atoms with Crippen molar-refractivity contribution in [1.29, 1.82) is 0 Å². The summed E-state index contributed by atoms with van der Waals surface area (Å²) < 4.78 is 50.0. The first-order valence-electron chi connectivity index (χ1n) is 11.0. The second kappa shape index (κ2) is 10.8. The zero-order valence-corrected chi connectivity index (χ0v) is 19.7. The first kappa shape index (κ1) is 25.4. The quantitative estimate of drug-likeness (QED) is 0.491. The molecule has 0 bridgehead atoms. The minimum absolute atomic E-state index is 0.0566. The van der Waals surface area contributed by atoms with E-state index in [9.17, 15) is 18.0 Å². The first-order chi connectivity index (χ1) is 16.1. The maximum atomic E-state index is 13.1. The van der Waals surface area contributed by atoms with Crippen LogP contribution in [0.1, 0.15) is 43.4 Å². The number of alkyl halides is 3. The second-order valence-corrected chi connectivity index (χ2v) is 8.61. The summed E-state index contributed by atoms with van der Waals surface area (Å²) in [7, 11) is 3.10. The number of methoxy groups -OCH3 is 2. The number of amides is 1. The molecule has 0 aliphatic carbocycles. The molecule has 1 aliphatic heterocycles. The molecule has 9 heteroatoms. The maximum absolute atomic E-state index is 13.1. The molecule has 0 unspecified atom stereocenters. The van der Waals surface area contributed by atoms with Gasteiger partial charge in [-0.05, 0) is 41.8 Å². The Balaban J connectivity index is 1.73. The Morgan fingerprint density at radius 3 is 2.53 bits per heavy atom. The molecule has 2 aromatic rings. The molecule has 1 amide bonds. The van der Waals surface area contributed by atoms with Gasteiger partial charge in [0.15, 0.2) is 17.6 Å². The van der Waals surface area contributed by atoms with Crippen molar-refractivity contribution in [1.82, 2.24) is 4.90 Å². The minimum Gasteiger partial charge on any atom is -0.493 e. The Morgan fingerprint density at radius 2 is 1.88 bits per heavy atom. The van der Waals surface area contributed by atoms with Crippen molar-refractivity contribution in [2.75, 3.05) is 20.8 Å². The van der Waals surface area contributed by atoms with Crippen molar-refractivity contribution < 1.29 is 32.3 Å². The van der Waals surface area contributed by atoms with Crippen LogP contribution in [-0.4, -0.2) is 43.4 Å². The van der Waals surface area contributed by atoms with Gasteiger partial charge in [-0.1, -0.05) is 31.1 Å². The molecule has 6 nitrogen and oxygen atoms in total. The molecule has 1 aliphatic rings. The van der Waals surface area contributed by atoms with Gasteiger partial charge in [-0.2, -0.15) is 13.2 Å². The van der Waals surface area contributed by atoms with E-state index < -0.39 is 17.8 Å². The van der Waals surface area contributed by atoms with Crippen LogP contribution in [0.4, 0.5) is 13.2 Å². The molecule has 34 heavy (non-hydrogen) atoms.